The van der Waals surface area contributed by atoms with Crippen LogP contribution in [-0.2, 0) is 16.0 Å². The lowest BCUT2D eigenvalue weighted by molar-refractivity contribution is -0.143. The smallest absolute Gasteiger partial charge is 0.305 e. The van der Waals surface area contributed by atoms with Gasteiger partial charge in [-0.1, -0.05) is 12.8 Å². The molecule has 1 heterocycles. The summed E-state index contributed by atoms with van der Waals surface area (Å²) in [6.07, 6.45) is 7.41. The maximum Gasteiger partial charge on any atom is 0.305 e. The molecule has 0 fully saturated rings. The Morgan fingerprint density at radius 3 is 2.65 bits per heavy atom. The number of rotatable bonds is 12. The average molecular weight is 496 g/mol. The van der Waals surface area contributed by atoms with Crippen molar-refractivity contribution in [2.24, 2.45) is 4.99 Å². The van der Waals surface area contributed by atoms with Crippen LogP contribution in [0.2, 0.25) is 0 Å². The van der Waals surface area contributed by atoms with Crippen molar-refractivity contribution in [2.45, 2.75) is 59.3 Å². The van der Waals surface area contributed by atoms with Crippen LogP contribution in [0.4, 0.5) is 0 Å². The van der Waals surface area contributed by atoms with Crippen molar-refractivity contribution in [2.75, 3.05) is 26.2 Å². The van der Waals surface area contributed by atoms with Gasteiger partial charge in [-0.25, -0.2) is 4.98 Å². The van der Waals surface area contributed by atoms with E-state index in [0.29, 0.717) is 13.0 Å². The summed E-state index contributed by atoms with van der Waals surface area (Å²) in [5, 5.41) is 7.77. The molecule has 0 unspecified atom stereocenters. The second-order valence-corrected chi connectivity index (χ2v) is 7.09. The summed E-state index contributed by atoms with van der Waals surface area (Å²) in [5.74, 6) is 0.775. The van der Waals surface area contributed by atoms with Gasteiger partial charge in [0.05, 0.1) is 11.6 Å². The van der Waals surface area contributed by atoms with Crippen LogP contribution in [0.3, 0.4) is 0 Å². The van der Waals surface area contributed by atoms with Crippen molar-refractivity contribution in [3.8, 4) is 0 Å². The third kappa shape index (κ3) is 12.5. The molecule has 150 valence electrons. The van der Waals surface area contributed by atoms with Crippen molar-refractivity contribution in [1.82, 2.24) is 15.6 Å². The summed E-state index contributed by atoms with van der Waals surface area (Å²) >= 11 is 1.74. The molecule has 0 aromatic carbocycles. The Morgan fingerprint density at radius 2 is 2.00 bits per heavy atom. The van der Waals surface area contributed by atoms with Gasteiger partial charge in [-0.05, 0) is 33.6 Å². The lowest BCUT2D eigenvalue weighted by Crippen LogP contribution is -2.38. The number of aryl methyl sites for hydroxylation is 1. The first-order valence-electron chi connectivity index (χ1n) is 9.24. The number of carbonyl (C=O) groups is 1. The molecule has 2 N–H and O–H groups in total. The van der Waals surface area contributed by atoms with Gasteiger partial charge in [-0.3, -0.25) is 9.79 Å². The third-order valence-electron chi connectivity index (χ3n) is 3.51. The molecule has 0 aliphatic carbocycles. The Morgan fingerprint density at radius 1 is 1.23 bits per heavy atom. The molecule has 6 nitrogen and oxygen atoms in total. The van der Waals surface area contributed by atoms with E-state index in [9.17, 15) is 4.79 Å². The number of halogens is 1. The number of hydrogen-bond acceptors (Lipinski definition) is 5. The zero-order valence-corrected chi connectivity index (χ0v) is 19.3. The molecule has 8 heteroatoms. The van der Waals surface area contributed by atoms with Gasteiger partial charge in [0.15, 0.2) is 5.96 Å². The van der Waals surface area contributed by atoms with Crippen LogP contribution in [0.5, 0.6) is 0 Å². The zero-order chi connectivity index (χ0) is 18.3. The summed E-state index contributed by atoms with van der Waals surface area (Å²) in [7, 11) is 0. The molecule has 0 aliphatic heterocycles. The first-order chi connectivity index (χ1) is 12.2. The van der Waals surface area contributed by atoms with E-state index in [4.69, 9.17) is 4.74 Å². The minimum atomic E-state index is -0.0884. The zero-order valence-electron chi connectivity index (χ0n) is 16.2. The monoisotopic (exact) mass is 496 g/mol. The molecule has 0 saturated carbocycles. The second kappa shape index (κ2) is 16.3. The van der Waals surface area contributed by atoms with E-state index >= 15 is 0 Å². The standard InChI is InChI=1S/C18H32N4O2S.HI/c1-4-19-18(21-13-11-16-22-14-15(3)25-16)20-12-9-7-6-8-10-17(23)24-5-2;/h14H,4-13H2,1-3H3,(H2,19,20,21);1H. The van der Waals surface area contributed by atoms with Gasteiger partial charge in [-0.2, -0.15) is 0 Å². The Labute approximate surface area is 178 Å². The van der Waals surface area contributed by atoms with Gasteiger partial charge in [0, 0.05) is 43.5 Å². The Bertz CT molecular complexity index is 523. The van der Waals surface area contributed by atoms with Gasteiger partial charge in [0.2, 0.25) is 0 Å². The third-order valence-corrected chi connectivity index (χ3v) is 4.48. The molecular formula is C18H33IN4O2S. The molecule has 0 amide bonds. The molecule has 1 rings (SSSR count). The lowest BCUT2D eigenvalue weighted by Gasteiger charge is -2.10. The summed E-state index contributed by atoms with van der Waals surface area (Å²) in [4.78, 5) is 21.5. The number of aromatic nitrogens is 1. The van der Waals surface area contributed by atoms with E-state index in [1.54, 1.807) is 11.3 Å². The van der Waals surface area contributed by atoms with E-state index in [0.717, 1.165) is 62.7 Å². The van der Waals surface area contributed by atoms with Crippen LogP contribution in [0.25, 0.3) is 0 Å². The van der Waals surface area contributed by atoms with Crippen molar-refractivity contribution < 1.29 is 9.53 Å². The van der Waals surface area contributed by atoms with E-state index in [1.165, 1.54) is 4.88 Å². The van der Waals surface area contributed by atoms with Gasteiger partial charge in [-0.15, -0.1) is 35.3 Å². The number of guanidine groups is 1. The molecule has 1 aromatic rings. The molecule has 26 heavy (non-hydrogen) atoms. The summed E-state index contributed by atoms with van der Waals surface area (Å²) in [6, 6.07) is 0. The number of nitrogens with zero attached hydrogens (tertiary/aromatic N) is 2. The predicted octanol–water partition coefficient (Wildman–Crippen LogP) is 3.68. The predicted molar refractivity (Wildman–Crippen MR) is 120 cm³/mol. The van der Waals surface area contributed by atoms with Gasteiger partial charge in [0.1, 0.15) is 0 Å². The number of ether oxygens (including phenoxy) is 1. The van der Waals surface area contributed by atoms with Gasteiger partial charge in [0.25, 0.3) is 0 Å². The highest BCUT2D eigenvalue weighted by atomic mass is 127. The van der Waals surface area contributed by atoms with E-state index in [1.807, 2.05) is 13.1 Å². The fraction of sp³-hybridized carbons (Fsp3) is 0.722. The number of carbonyl (C=O) groups excluding carboxylic acids is 1. The van der Waals surface area contributed by atoms with Crippen LogP contribution >= 0.6 is 35.3 Å². The minimum Gasteiger partial charge on any atom is -0.466 e. The molecule has 0 saturated heterocycles. The number of aliphatic imine (C=N–C) groups is 1. The first-order valence-corrected chi connectivity index (χ1v) is 10.1. The highest BCUT2D eigenvalue weighted by Crippen LogP contribution is 2.10. The van der Waals surface area contributed by atoms with Crippen LogP contribution in [0.1, 0.15) is 55.8 Å². The normalized spacial score (nSPS) is 11.0. The van der Waals surface area contributed by atoms with Crippen LogP contribution in [0.15, 0.2) is 11.2 Å². The van der Waals surface area contributed by atoms with Gasteiger partial charge < -0.3 is 15.4 Å². The average Bonchev–Trinajstić information content (AvgIpc) is 2.99. The van der Waals surface area contributed by atoms with Crippen molar-refractivity contribution in [3.63, 3.8) is 0 Å². The van der Waals surface area contributed by atoms with Crippen LogP contribution in [0, 0.1) is 6.92 Å². The summed E-state index contributed by atoms with van der Waals surface area (Å²) in [5.41, 5.74) is 0. The van der Waals surface area contributed by atoms with Crippen molar-refractivity contribution in [1.29, 1.82) is 0 Å². The van der Waals surface area contributed by atoms with Crippen molar-refractivity contribution >= 4 is 47.2 Å². The van der Waals surface area contributed by atoms with E-state index in [-0.39, 0.29) is 29.9 Å². The number of hydrogen-bond donors (Lipinski definition) is 2. The Kier molecular flexibility index (Phi) is 15.7. The number of esters is 1. The lowest BCUT2D eigenvalue weighted by atomic mass is 10.1. The Hall–Kier alpha value is -0.900. The highest BCUT2D eigenvalue weighted by molar-refractivity contribution is 14.0. The number of thiazole rings is 1. The molecule has 0 bridgehead atoms. The van der Waals surface area contributed by atoms with Crippen molar-refractivity contribution in [3.05, 3.63) is 16.1 Å². The SMILES string of the molecule is CCNC(=NCCCCCCC(=O)OCC)NCCc1ncc(C)s1.I. The van der Waals surface area contributed by atoms with Gasteiger partial charge >= 0.3 is 5.97 Å². The van der Waals surface area contributed by atoms with Crippen LogP contribution < -0.4 is 10.6 Å². The molecule has 0 atom stereocenters. The molecule has 1 aromatic heterocycles. The fourth-order valence-electron chi connectivity index (χ4n) is 2.31. The maximum atomic E-state index is 11.2. The minimum absolute atomic E-state index is 0. The quantitative estimate of drug-likeness (QED) is 0.152. The summed E-state index contributed by atoms with van der Waals surface area (Å²) < 4.78 is 4.92. The number of nitrogens with one attached hydrogen (secondary N) is 2. The molecule has 0 aliphatic rings. The first kappa shape index (κ1) is 25.1. The summed E-state index contributed by atoms with van der Waals surface area (Å²) in [6.45, 7) is 8.93. The van der Waals surface area contributed by atoms with E-state index in [2.05, 4.69) is 34.5 Å². The molecule has 0 spiro atoms. The largest absolute Gasteiger partial charge is 0.466 e. The van der Waals surface area contributed by atoms with Crippen LogP contribution in [-0.4, -0.2) is 43.2 Å². The highest BCUT2D eigenvalue weighted by Gasteiger charge is 2.02. The number of unbranched alkanes of at least 4 members (excludes halogenated alkanes) is 3. The molecular weight excluding hydrogens is 463 g/mol. The molecule has 0 radical (unpaired) electrons. The van der Waals surface area contributed by atoms with E-state index < -0.39 is 0 Å². The maximum absolute atomic E-state index is 11.2. The second-order valence-electron chi connectivity index (χ2n) is 5.77. The Balaban J connectivity index is 0.00000625. The topological polar surface area (TPSA) is 75.6 Å². The fourth-order valence-corrected chi connectivity index (χ4v) is 3.09.